The lowest BCUT2D eigenvalue weighted by Crippen LogP contribution is -2.29. The van der Waals surface area contributed by atoms with Gasteiger partial charge in [0.25, 0.3) is 5.91 Å². The maximum absolute atomic E-state index is 12.9. The average Bonchev–Trinajstić information content (AvgIpc) is 2.14. The van der Waals surface area contributed by atoms with Gasteiger partial charge in [0.2, 0.25) is 15.8 Å². The number of sulfonamides is 1. The van der Waals surface area contributed by atoms with E-state index in [1.54, 1.807) is 4.72 Å². The molecule has 0 aliphatic rings. The molecule has 1 N–H and O–H groups in total. The highest BCUT2D eigenvalue weighted by Gasteiger charge is 2.18. The minimum Gasteiger partial charge on any atom is -0.268 e. The van der Waals surface area contributed by atoms with Crippen molar-refractivity contribution in [2.75, 3.05) is 6.26 Å². The fourth-order valence-electron chi connectivity index (χ4n) is 1.02. The number of hydrogen-bond donors (Lipinski definition) is 1. The van der Waals surface area contributed by atoms with E-state index < -0.39 is 32.4 Å². The van der Waals surface area contributed by atoms with Gasteiger partial charge in [-0.3, -0.25) is 14.9 Å². The second-order valence-electron chi connectivity index (χ2n) is 3.13. The molecule has 7 nitrogen and oxygen atoms in total. The Morgan fingerprint density at radius 3 is 2.53 bits per heavy atom. The lowest BCUT2D eigenvalue weighted by molar-refractivity contribution is -0.387. The summed E-state index contributed by atoms with van der Waals surface area (Å²) in [5.41, 5.74) is -1.21. The molecular formula is C8H7FN2O5S. The SMILES string of the molecule is CS(=O)(=O)NC(=O)c1ccc(F)c([N+](=O)[O-])c1. The van der Waals surface area contributed by atoms with E-state index in [-0.39, 0.29) is 5.56 Å². The van der Waals surface area contributed by atoms with Gasteiger partial charge < -0.3 is 0 Å². The van der Waals surface area contributed by atoms with E-state index >= 15 is 0 Å². The number of carbonyl (C=O) groups excluding carboxylic acids is 1. The van der Waals surface area contributed by atoms with Crippen LogP contribution < -0.4 is 4.72 Å². The molecule has 0 aromatic heterocycles. The predicted octanol–water partition coefficient (Wildman–Crippen LogP) is 0.423. The first-order chi connectivity index (χ1) is 7.70. The number of nitrogens with one attached hydrogen (secondary N) is 1. The van der Waals surface area contributed by atoms with Gasteiger partial charge in [0.15, 0.2) is 0 Å². The van der Waals surface area contributed by atoms with E-state index in [0.29, 0.717) is 6.07 Å². The van der Waals surface area contributed by atoms with Gasteiger partial charge in [-0.05, 0) is 12.1 Å². The molecule has 17 heavy (non-hydrogen) atoms. The van der Waals surface area contributed by atoms with E-state index in [4.69, 9.17) is 0 Å². The number of halogens is 1. The maximum Gasteiger partial charge on any atom is 0.305 e. The Morgan fingerprint density at radius 1 is 1.47 bits per heavy atom. The van der Waals surface area contributed by atoms with Crippen LogP contribution in [0.2, 0.25) is 0 Å². The molecule has 1 aromatic carbocycles. The highest BCUT2D eigenvalue weighted by molar-refractivity contribution is 7.89. The van der Waals surface area contributed by atoms with Crippen LogP contribution in [-0.2, 0) is 10.0 Å². The number of nitro benzene ring substituents is 1. The molecule has 0 atom stereocenters. The molecule has 0 saturated heterocycles. The molecule has 92 valence electrons. The van der Waals surface area contributed by atoms with Crippen molar-refractivity contribution in [3.63, 3.8) is 0 Å². The molecule has 0 unspecified atom stereocenters. The Labute approximate surface area is 95.5 Å². The second kappa shape index (κ2) is 4.45. The van der Waals surface area contributed by atoms with Crippen LogP contribution in [0.5, 0.6) is 0 Å². The number of hydrogen-bond acceptors (Lipinski definition) is 5. The van der Waals surface area contributed by atoms with Gasteiger partial charge in [0.05, 0.1) is 11.2 Å². The molecular weight excluding hydrogens is 255 g/mol. The molecule has 9 heteroatoms. The van der Waals surface area contributed by atoms with Crippen molar-refractivity contribution in [3.05, 3.63) is 39.7 Å². The zero-order valence-corrected chi connectivity index (χ0v) is 9.32. The highest BCUT2D eigenvalue weighted by Crippen LogP contribution is 2.18. The lowest BCUT2D eigenvalue weighted by Gasteiger charge is -2.02. The Bertz CT molecular complexity index is 584. The Balaban J connectivity index is 3.13. The van der Waals surface area contributed by atoms with Crippen LogP contribution in [0.1, 0.15) is 10.4 Å². The first-order valence-electron chi connectivity index (χ1n) is 4.17. The lowest BCUT2D eigenvalue weighted by atomic mass is 10.2. The molecule has 0 radical (unpaired) electrons. The van der Waals surface area contributed by atoms with Crippen molar-refractivity contribution >= 4 is 21.6 Å². The predicted molar refractivity (Wildman–Crippen MR) is 55.4 cm³/mol. The smallest absolute Gasteiger partial charge is 0.268 e. The van der Waals surface area contributed by atoms with Gasteiger partial charge in [-0.25, -0.2) is 13.1 Å². The van der Waals surface area contributed by atoms with Crippen LogP contribution in [0.25, 0.3) is 0 Å². The van der Waals surface area contributed by atoms with Crippen LogP contribution in [-0.4, -0.2) is 25.5 Å². The normalized spacial score (nSPS) is 10.9. The number of amides is 1. The minimum absolute atomic E-state index is 0.316. The molecule has 0 heterocycles. The standard InChI is InChI=1S/C8H7FN2O5S/c1-17(15,16)10-8(12)5-2-3-6(9)7(4-5)11(13)14/h2-4H,1H3,(H,10,12). The highest BCUT2D eigenvalue weighted by atomic mass is 32.2. The van der Waals surface area contributed by atoms with Crippen molar-refractivity contribution in [3.8, 4) is 0 Å². The molecule has 0 fully saturated rings. The summed E-state index contributed by atoms with van der Waals surface area (Å²) in [4.78, 5) is 20.7. The molecule has 0 saturated carbocycles. The van der Waals surface area contributed by atoms with Crippen LogP contribution in [0, 0.1) is 15.9 Å². The topological polar surface area (TPSA) is 106 Å². The summed E-state index contributed by atoms with van der Waals surface area (Å²) < 4.78 is 36.1. The summed E-state index contributed by atoms with van der Waals surface area (Å²) in [6.45, 7) is 0. The first kappa shape index (κ1) is 13.0. The van der Waals surface area contributed by atoms with E-state index in [1.807, 2.05) is 0 Å². The summed E-state index contributed by atoms with van der Waals surface area (Å²) in [7, 11) is -3.78. The number of rotatable bonds is 3. The maximum atomic E-state index is 12.9. The van der Waals surface area contributed by atoms with Crippen LogP contribution in [0.3, 0.4) is 0 Å². The van der Waals surface area contributed by atoms with Crippen LogP contribution >= 0.6 is 0 Å². The second-order valence-corrected chi connectivity index (χ2v) is 4.88. The summed E-state index contributed by atoms with van der Waals surface area (Å²) in [5, 5.41) is 10.4. The van der Waals surface area contributed by atoms with Gasteiger partial charge in [-0.15, -0.1) is 0 Å². The third kappa shape index (κ3) is 3.48. The molecule has 0 bridgehead atoms. The molecule has 1 rings (SSSR count). The third-order valence-corrected chi connectivity index (χ3v) is 2.24. The summed E-state index contributed by atoms with van der Waals surface area (Å²) in [5.74, 6) is -2.17. The van der Waals surface area contributed by atoms with E-state index in [9.17, 15) is 27.7 Å². The third-order valence-electron chi connectivity index (χ3n) is 1.68. The van der Waals surface area contributed by atoms with Crippen molar-refractivity contribution < 1.29 is 22.5 Å². The summed E-state index contributed by atoms with van der Waals surface area (Å²) >= 11 is 0. The Hall–Kier alpha value is -2.03. The fraction of sp³-hybridized carbons (Fsp3) is 0.125. The van der Waals surface area contributed by atoms with E-state index in [1.165, 1.54) is 0 Å². The number of nitrogens with zero attached hydrogens (tertiary/aromatic N) is 1. The summed E-state index contributed by atoms with van der Waals surface area (Å²) in [6, 6.07) is 2.33. The first-order valence-corrected chi connectivity index (χ1v) is 6.06. The van der Waals surface area contributed by atoms with Gasteiger partial charge >= 0.3 is 5.69 Å². The fourth-order valence-corrected chi connectivity index (χ4v) is 1.48. The molecule has 1 amide bonds. The van der Waals surface area contributed by atoms with Crippen molar-refractivity contribution in [2.45, 2.75) is 0 Å². The number of carbonyl (C=O) groups is 1. The number of benzene rings is 1. The largest absolute Gasteiger partial charge is 0.305 e. The number of nitro groups is 1. The van der Waals surface area contributed by atoms with Gasteiger partial charge in [-0.2, -0.15) is 4.39 Å². The molecule has 1 aromatic rings. The minimum atomic E-state index is -3.78. The molecule has 0 spiro atoms. The van der Waals surface area contributed by atoms with Gasteiger partial charge in [-0.1, -0.05) is 0 Å². The van der Waals surface area contributed by atoms with Crippen molar-refractivity contribution in [2.24, 2.45) is 0 Å². The van der Waals surface area contributed by atoms with Crippen molar-refractivity contribution in [1.82, 2.24) is 4.72 Å². The summed E-state index contributed by atoms with van der Waals surface area (Å²) in [6.07, 6.45) is 0.753. The van der Waals surface area contributed by atoms with E-state index in [2.05, 4.69) is 0 Å². The van der Waals surface area contributed by atoms with E-state index in [0.717, 1.165) is 18.4 Å². The monoisotopic (exact) mass is 262 g/mol. The zero-order valence-electron chi connectivity index (χ0n) is 8.51. The van der Waals surface area contributed by atoms with Crippen LogP contribution in [0.4, 0.5) is 10.1 Å². The van der Waals surface area contributed by atoms with Crippen molar-refractivity contribution in [1.29, 1.82) is 0 Å². The van der Waals surface area contributed by atoms with Gasteiger partial charge in [0, 0.05) is 11.6 Å². The quantitative estimate of drug-likeness (QED) is 0.627. The average molecular weight is 262 g/mol. The zero-order chi connectivity index (χ0) is 13.2. The molecule has 0 aliphatic heterocycles. The Kier molecular flexibility index (Phi) is 3.42. The van der Waals surface area contributed by atoms with Gasteiger partial charge in [0.1, 0.15) is 0 Å². The molecule has 0 aliphatic carbocycles. The van der Waals surface area contributed by atoms with Crippen LogP contribution in [0.15, 0.2) is 18.2 Å². The Morgan fingerprint density at radius 2 is 2.06 bits per heavy atom.